The molecule has 0 unspecified atom stereocenters. The molecular formula is C26H27ClN2O4. The number of hydrogen-bond acceptors (Lipinski definition) is 3. The molecule has 0 saturated carbocycles. The average Bonchev–Trinajstić information content (AvgIpc) is 2.76. The van der Waals surface area contributed by atoms with Crippen LogP contribution in [0.1, 0.15) is 64.3 Å². The average molecular weight is 467 g/mol. The minimum Gasteiger partial charge on any atom is -0.478 e. The quantitative estimate of drug-likeness (QED) is 0.444. The van der Waals surface area contributed by atoms with Crippen molar-refractivity contribution in [1.82, 2.24) is 5.32 Å². The summed E-state index contributed by atoms with van der Waals surface area (Å²) in [5.74, 6) is -2.14. The van der Waals surface area contributed by atoms with Crippen molar-refractivity contribution in [3.05, 3.63) is 100 Å². The third kappa shape index (κ3) is 7.19. The molecule has 0 aliphatic heterocycles. The predicted molar refractivity (Wildman–Crippen MR) is 132 cm³/mol. The normalized spacial score (nSPS) is 12.2. The predicted octanol–water partition coefficient (Wildman–Crippen LogP) is 5.88. The standard InChI is InChI=1S/C26H27ClN2O4/c1-6-20(27)13-7-16(2)28-24(31)21-14-10-18(25(32)33)15-22(21)29-23(30)17-8-11-19(12-9-17)26(3,4)5/h6-15H,1H2,2-5H3,(H,28,31)(H,29,30)(H,32,33)/b16-7+,20-13+. The number of carbonyl (C=O) groups excluding carboxylic acids is 2. The molecule has 0 heterocycles. The van der Waals surface area contributed by atoms with E-state index in [9.17, 15) is 19.5 Å². The number of benzene rings is 2. The van der Waals surface area contributed by atoms with E-state index < -0.39 is 17.8 Å². The second kappa shape index (κ2) is 10.8. The Labute approximate surface area is 198 Å². The van der Waals surface area contributed by atoms with Gasteiger partial charge in [-0.2, -0.15) is 0 Å². The van der Waals surface area contributed by atoms with Gasteiger partial charge in [0.2, 0.25) is 0 Å². The van der Waals surface area contributed by atoms with Crippen molar-refractivity contribution in [2.45, 2.75) is 33.1 Å². The highest BCUT2D eigenvalue weighted by molar-refractivity contribution is 6.31. The molecule has 0 spiro atoms. The second-order valence-corrected chi connectivity index (χ2v) is 8.84. The fourth-order valence-electron chi connectivity index (χ4n) is 2.86. The number of amides is 2. The molecule has 2 rings (SSSR count). The summed E-state index contributed by atoms with van der Waals surface area (Å²) in [5, 5.41) is 15.1. The third-order valence-electron chi connectivity index (χ3n) is 4.77. The first-order chi connectivity index (χ1) is 15.4. The van der Waals surface area contributed by atoms with Crippen LogP contribution >= 0.6 is 11.6 Å². The molecule has 172 valence electrons. The Kier molecular flexibility index (Phi) is 8.38. The number of rotatable bonds is 7. The Bertz CT molecular complexity index is 1140. The van der Waals surface area contributed by atoms with Gasteiger partial charge in [-0.15, -0.1) is 0 Å². The van der Waals surface area contributed by atoms with Gasteiger partial charge in [-0.1, -0.05) is 57.2 Å². The van der Waals surface area contributed by atoms with Crippen molar-refractivity contribution in [1.29, 1.82) is 0 Å². The Balaban J connectivity index is 2.34. The van der Waals surface area contributed by atoms with Crippen LogP contribution in [0.3, 0.4) is 0 Å². The summed E-state index contributed by atoms with van der Waals surface area (Å²) < 4.78 is 0. The highest BCUT2D eigenvalue weighted by Crippen LogP contribution is 2.23. The van der Waals surface area contributed by atoms with E-state index in [1.54, 1.807) is 31.2 Å². The van der Waals surface area contributed by atoms with Crippen LogP contribution < -0.4 is 10.6 Å². The van der Waals surface area contributed by atoms with Gasteiger partial charge in [-0.3, -0.25) is 9.59 Å². The molecule has 0 fully saturated rings. The molecule has 0 bridgehead atoms. The van der Waals surface area contributed by atoms with Crippen LogP contribution in [-0.4, -0.2) is 22.9 Å². The smallest absolute Gasteiger partial charge is 0.335 e. The number of anilines is 1. The molecule has 3 N–H and O–H groups in total. The summed E-state index contributed by atoms with van der Waals surface area (Å²) in [6.07, 6.45) is 4.63. The molecule has 0 aliphatic carbocycles. The first-order valence-corrected chi connectivity index (χ1v) is 10.6. The first kappa shape index (κ1) is 25.6. The lowest BCUT2D eigenvalue weighted by molar-refractivity contribution is 0.0696. The molecule has 0 radical (unpaired) electrons. The van der Waals surface area contributed by atoms with Crippen LogP contribution in [0.15, 0.2) is 78.0 Å². The Morgan fingerprint density at radius 3 is 2.12 bits per heavy atom. The molecule has 0 saturated heterocycles. The van der Waals surface area contributed by atoms with Gasteiger partial charge in [0.25, 0.3) is 11.8 Å². The number of nitrogens with one attached hydrogen (secondary N) is 2. The molecule has 2 amide bonds. The van der Waals surface area contributed by atoms with Crippen LogP contribution in [0.2, 0.25) is 0 Å². The van der Waals surface area contributed by atoms with E-state index in [4.69, 9.17) is 11.6 Å². The van der Waals surface area contributed by atoms with Gasteiger partial charge < -0.3 is 15.7 Å². The molecule has 0 aliphatic rings. The molecule has 6 nitrogen and oxygen atoms in total. The lowest BCUT2D eigenvalue weighted by atomic mass is 9.86. The molecule has 33 heavy (non-hydrogen) atoms. The molecule has 7 heteroatoms. The van der Waals surface area contributed by atoms with E-state index in [-0.39, 0.29) is 22.2 Å². The highest BCUT2D eigenvalue weighted by atomic mass is 35.5. The van der Waals surface area contributed by atoms with Gasteiger partial charge in [0.15, 0.2) is 0 Å². The van der Waals surface area contributed by atoms with E-state index in [0.717, 1.165) is 5.56 Å². The molecule has 2 aromatic rings. The topological polar surface area (TPSA) is 95.5 Å². The zero-order valence-electron chi connectivity index (χ0n) is 19.0. The van der Waals surface area contributed by atoms with Gasteiger partial charge >= 0.3 is 5.97 Å². The summed E-state index contributed by atoms with van der Waals surface area (Å²) in [7, 11) is 0. The molecule has 0 aromatic heterocycles. The minimum atomic E-state index is -1.17. The lowest BCUT2D eigenvalue weighted by Crippen LogP contribution is -2.24. The summed E-state index contributed by atoms with van der Waals surface area (Å²) in [5.41, 5.74) is 2.04. The minimum absolute atomic E-state index is 0.0575. The van der Waals surface area contributed by atoms with Crippen LogP contribution in [0.4, 0.5) is 5.69 Å². The maximum Gasteiger partial charge on any atom is 0.335 e. The monoisotopic (exact) mass is 466 g/mol. The summed E-state index contributed by atoms with van der Waals surface area (Å²) in [6.45, 7) is 11.4. The van der Waals surface area contributed by atoms with Crippen LogP contribution in [0.5, 0.6) is 0 Å². The largest absolute Gasteiger partial charge is 0.478 e. The van der Waals surface area contributed by atoms with E-state index in [0.29, 0.717) is 16.3 Å². The maximum atomic E-state index is 12.8. The number of aromatic carboxylic acids is 1. The van der Waals surface area contributed by atoms with Gasteiger partial charge in [0.1, 0.15) is 0 Å². The number of carboxylic acid groups (broad SMARTS) is 1. The van der Waals surface area contributed by atoms with Crippen molar-refractivity contribution >= 4 is 35.1 Å². The van der Waals surface area contributed by atoms with Gasteiger partial charge in [-0.25, -0.2) is 4.79 Å². The first-order valence-electron chi connectivity index (χ1n) is 10.2. The van der Waals surface area contributed by atoms with Crippen LogP contribution in [0.25, 0.3) is 0 Å². The molecular weight excluding hydrogens is 440 g/mol. The SMILES string of the molecule is C=C/C(Cl)=C\C=C(/C)NC(=O)c1ccc(C(=O)O)cc1NC(=O)c1ccc(C(C)(C)C)cc1. The molecule has 2 aromatic carbocycles. The van der Waals surface area contributed by atoms with Crippen molar-refractivity contribution in [2.24, 2.45) is 0 Å². The van der Waals surface area contributed by atoms with Crippen LogP contribution in [0, 0.1) is 0 Å². The number of allylic oxidation sites excluding steroid dienone is 5. The third-order valence-corrected chi connectivity index (χ3v) is 5.05. The van der Waals surface area contributed by atoms with E-state index in [1.165, 1.54) is 24.3 Å². The number of carboxylic acids is 1. The van der Waals surface area contributed by atoms with Gasteiger partial charge in [-0.05, 0) is 60.4 Å². The Hall–Kier alpha value is -3.64. The van der Waals surface area contributed by atoms with Gasteiger partial charge in [0, 0.05) is 16.3 Å². The summed E-state index contributed by atoms with van der Waals surface area (Å²) in [4.78, 5) is 37.1. The van der Waals surface area contributed by atoms with E-state index >= 15 is 0 Å². The van der Waals surface area contributed by atoms with Crippen LogP contribution in [-0.2, 0) is 5.41 Å². The van der Waals surface area contributed by atoms with Crippen molar-refractivity contribution in [2.75, 3.05) is 5.32 Å². The fourth-order valence-corrected chi connectivity index (χ4v) is 2.92. The van der Waals surface area contributed by atoms with Gasteiger partial charge in [0.05, 0.1) is 16.8 Å². The van der Waals surface area contributed by atoms with Crippen molar-refractivity contribution in [3.8, 4) is 0 Å². The van der Waals surface area contributed by atoms with Crippen molar-refractivity contribution in [3.63, 3.8) is 0 Å². The fraction of sp³-hybridized carbons (Fsp3) is 0.192. The maximum absolute atomic E-state index is 12.8. The van der Waals surface area contributed by atoms with E-state index in [2.05, 4.69) is 38.0 Å². The number of halogens is 1. The summed E-state index contributed by atoms with van der Waals surface area (Å²) in [6, 6.07) is 11.0. The number of hydrogen-bond donors (Lipinski definition) is 3. The molecule has 0 atom stereocenters. The zero-order chi connectivity index (χ0) is 24.8. The number of carbonyl (C=O) groups is 3. The van der Waals surface area contributed by atoms with E-state index in [1.807, 2.05) is 12.1 Å². The zero-order valence-corrected chi connectivity index (χ0v) is 19.8. The Morgan fingerprint density at radius 1 is 0.970 bits per heavy atom. The van der Waals surface area contributed by atoms with Crippen molar-refractivity contribution < 1.29 is 19.5 Å². The lowest BCUT2D eigenvalue weighted by Gasteiger charge is -2.19. The second-order valence-electron chi connectivity index (χ2n) is 8.41. The highest BCUT2D eigenvalue weighted by Gasteiger charge is 2.18. The summed E-state index contributed by atoms with van der Waals surface area (Å²) >= 11 is 5.87. The Morgan fingerprint density at radius 2 is 1.58 bits per heavy atom.